The Balaban J connectivity index is 1.50. The summed E-state index contributed by atoms with van der Waals surface area (Å²) in [5.74, 6) is 0.422. The molecule has 1 aliphatic heterocycles. The average Bonchev–Trinajstić information content (AvgIpc) is 3.04. The molecule has 2 amide bonds. The summed E-state index contributed by atoms with van der Waals surface area (Å²) in [7, 11) is 0. The summed E-state index contributed by atoms with van der Waals surface area (Å²) in [6.07, 6.45) is 4.65. The number of anilines is 1. The van der Waals surface area contributed by atoms with Crippen LogP contribution < -0.4 is 16.0 Å². The van der Waals surface area contributed by atoms with Crippen molar-refractivity contribution in [2.24, 2.45) is 11.3 Å². The van der Waals surface area contributed by atoms with Crippen LogP contribution in [-0.4, -0.2) is 31.4 Å². The number of hydrogen-bond acceptors (Lipinski definition) is 3. The van der Waals surface area contributed by atoms with E-state index in [0.717, 1.165) is 43.6 Å². The molecule has 2 aliphatic rings. The Hall–Kier alpha value is -1.59. The van der Waals surface area contributed by atoms with Crippen LogP contribution in [0.2, 0.25) is 5.02 Å². The highest BCUT2D eigenvalue weighted by atomic mass is 35.5. The van der Waals surface area contributed by atoms with E-state index < -0.39 is 0 Å². The quantitative estimate of drug-likeness (QED) is 0.753. The smallest absolute Gasteiger partial charge is 0.227 e. The van der Waals surface area contributed by atoms with Crippen LogP contribution >= 0.6 is 11.6 Å². The third kappa shape index (κ3) is 3.82. The molecule has 1 saturated carbocycles. The minimum Gasteiger partial charge on any atom is -0.355 e. The molecule has 0 radical (unpaired) electrons. The number of fused-ring (bicyclic) bond motifs is 1. The lowest BCUT2D eigenvalue weighted by atomic mass is 9.67. The summed E-state index contributed by atoms with van der Waals surface area (Å²) in [4.78, 5) is 24.9. The van der Waals surface area contributed by atoms with Crippen molar-refractivity contribution < 1.29 is 9.59 Å². The third-order valence-corrected chi connectivity index (χ3v) is 6.08. The molecule has 3 N–H and O–H groups in total. The highest BCUT2D eigenvalue weighted by Gasteiger charge is 2.49. The maximum Gasteiger partial charge on any atom is 0.227 e. The fraction of sp³-hybridized carbons (Fsp3) is 0.579. The molecule has 2 fully saturated rings. The molecule has 3 rings (SSSR count). The fourth-order valence-electron chi connectivity index (χ4n) is 4.11. The summed E-state index contributed by atoms with van der Waals surface area (Å²) in [6, 6.07) is 5.43. The molecule has 1 heterocycles. The van der Waals surface area contributed by atoms with Gasteiger partial charge in [0.15, 0.2) is 0 Å². The summed E-state index contributed by atoms with van der Waals surface area (Å²) in [5.41, 5.74) is 1.30. The second kappa shape index (κ2) is 7.75. The summed E-state index contributed by atoms with van der Waals surface area (Å²) in [5, 5.41) is 9.86. The first-order chi connectivity index (χ1) is 12.0. The normalized spacial score (nSPS) is 25.3. The number of rotatable bonds is 5. The zero-order valence-electron chi connectivity index (χ0n) is 14.7. The molecule has 2 atom stereocenters. The van der Waals surface area contributed by atoms with E-state index in [2.05, 4.69) is 16.0 Å². The van der Waals surface area contributed by atoms with Gasteiger partial charge in [-0.15, -0.1) is 0 Å². The maximum absolute atomic E-state index is 12.7. The summed E-state index contributed by atoms with van der Waals surface area (Å²) < 4.78 is 0. The molecular weight excluding hydrogens is 338 g/mol. The SMILES string of the molecule is Cc1c(Cl)cccc1NC(=O)CCNC(=O)[C@@]12CCCC[C@H]1CNC2. The Bertz CT molecular complexity index is 664. The van der Waals surface area contributed by atoms with E-state index in [1.54, 1.807) is 6.07 Å². The van der Waals surface area contributed by atoms with Gasteiger partial charge in [0.25, 0.3) is 0 Å². The third-order valence-electron chi connectivity index (χ3n) is 5.67. The van der Waals surface area contributed by atoms with Gasteiger partial charge in [-0.25, -0.2) is 0 Å². The first-order valence-corrected chi connectivity index (χ1v) is 9.45. The van der Waals surface area contributed by atoms with Crippen LogP contribution in [0.4, 0.5) is 5.69 Å². The number of benzene rings is 1. The molecule has 25 heavy (non-hydrogen) atoms. The van der Waals surface area contributed by atoms with Crippen LogP contribution in [0.1, 0.15) is 37.7 Å². The van der Waals surface area contributed by atoms with Gasteiger partial charge in [0.2, 0.25) is 11.8 Å². The molecule has 0 spiro atoms. The Morgan fingerprint density at radius 1 is 1.36 bits per heavy atom. The largest absolute Gasteiger partial charge is 0.355 e. The Labute approximate surface area is 153 Å². The van der Waals surface area contributed by atoms with E-state index in [1.165, 1.54) is 6.42 Å². The van der Waals surface area contributed by atoms with Gasteiger partial charge < -0.3 is 16.0 Å². The van der Waals surface area contributed by atoms with Crippen molar-refractivity contribution in [2.75, 3.05) is 25.0 Å². The molecule has 0 aromatic heterocycles. The van der Waals surface area contributed by atoms with Crippen molar-refractivity contribution in [3.63, 3.8) is 0 Å². The standard InChI is InChI=1S/C19H26ClN3O2/c1-13-15(20)6-4-7-16(13)23-17(24)8-10-22-18(25)19-9-3-2-5-14(19)11-21-12-19/h4,6-7,14,21H,2-3,5,8-12H2,1H3,(H,22,25)(H,23,24)/t14-,19+/m0/s1. The minimum absolute atomic E-state index is 0.105. The number of nitrogens with one attached hydrogen (secondary N) is 3. The van der Waals surface area contributed by atoms with E-state index >= 15 is 0 Å². The first kappa shape index (κ1) is 18.2. The van der Waals surface area contributed by atoms with Gasteiger partial charge in [0, 0.05) is 30.2 Å². The van der Waals surface area contributed by atoms with Gasteiger partial charge >= 0.3 is 0 Å². The Morgan fingerprint density at radius 3 is 3.04 bits per heavy atom. The second-order valence-corrected chi connectivity index (χ2v) is 7.60. The number of amides is 2. The number of hydrogen-bond donors (Lipinski definition) is 3. The van der Waals surface area contributed by atoms with Gasteiger partial charge in [0.05, 0.1) is 5.41 Å². The van der Waals surface area contributed by atoms with Crippen molar-refractivity contribution in [2.45, 2.75) is 39.0 Å². The topological polar surface area (TPSA) is 70.2 Å². The first-order valence-electron chi connectivity index (χ1n) is 9.07. The van der Waals surface area contributed by atoms with Gasteiger partial charge in [-0.1, -0.05) is 30.5 Å². The van der Waals surface area contributed by atoms with Crippen molar-refractivity contribution >= 4 is 29.1 Å². The fourth-order valence-corrected chi connectivity index (χ4v) is 4.29. The van der Waals surface area contributed by atoms with Crippen molar-refractivity contribution in [1.82, 2.24) is 10.6 Å². The summed E-state index contributed by atoms with van der Waals surface area (Å²) in [6.45, 7) is 3.92. The van der Waals surface area contributed by atoms with E-state index in [-0.39, 0.29) is 23.7 Å². The van der Waals surface area contributed by atoms with Crippen molar-refractivity contribution in [3.05, 3.63) is 28.8 Å². The van der Waals surface area contributed by atoms with Gasteiger partial charge in [-0.05, 0) is 49.9 Å². The number of halogens is 1. The average molecular weight is 364 g/mol. The minimum atomic E-state index is -0.266. The molecule has 1 saturated heterocycles. The Morgan fingerprint density at radius 2 is 2.20 bits per heavy atom. The highest BCUT2D eigenvalue weighted by molar-refractivity contribution is 6.31. The van der Waals surface area contributed by atoms with E-state index in [4.69, 9.17) is 11.6 Å². The molecule has 5 nitrogen and oxygen atoms in total. The molecule has 1 aliphatic carbocycles. The predicted molar refractivity (Wildman–Crippen MR) is 99.7 cm³/mol. The number of carbonyl (C=O) groups is 2. The summed E-state index contributed by atoms with van der Waals surface area (Å²) >= 11 is 6.07. The molecule has 0 bridgehead atoms. The zero-order valence-corrected chi connectivity index (χ0v) is 15.4. The lowest BCUT2D eigenvalue weighted by Crippen LogP contribution is -2.48. The predicted octanol–water partition coefficient (Wildman–Crippen LogP) is 2.87. The van der Waals surface area contributed by atoms with E-state index in [9.17, 15) is 9.59 Å². The van der Waals surface area contributed by atoms with Crippen molar-refractivity contribution in [1.29, 1.82) is 0 Å². The lowest BCUT2D eigenvalue weighted by Gasteiger charge is -2.37. The second-order valence-electron chi connectivity index (χ2n) is 7.20. The monoisotopic (exact) mass is 363 g/mol. The van der Waals surface area contributed by atoms with E-state index in [1.807, 2.05) is 19.1 Å². The molecule has 1 aromatic rings. The van der Waals surface area contributed by atoms with Crippen LogP contribution in [0.5, 0.6) is 0 Å². The maximum atomic E-state index is 12.7. The molecular formula is C19H26ClN3O2. The van der Waals surface area contributed by atoms with E-state index in [0.29, 0.717) is 17.5 Å². The van der Waals surface area contributed by atoms with Crippen LogP contribution in [0.15, 0.2) is 18.2 Å². The Kier molecular flexibility index (Phi) is 5.64. The van der Waals surface area contributed by atoms with Gasteiger partial charge in [-0.3, -0.25) is 9.59 Å². The van der Waals surface area contributed by atoms with Crippen LogP contribution in [0.25, 0.3) is 0 Å². The molecule has 0 unspecified atom stereocenters. The molecule has 6 heteroatoms. The number of carbonyl (C=O) groups excluding carboxylic acids is 2. The highest BCUT2D eigenvalue weighted by Crippen LogP contribution is 2.43. The van der Waals surface area contributed by atoms with Crippen LogP contribution in [-0.2, 0) is 9.59 Å². The lowest BCUT2D eigenvalue weighted by molar-refractivity contribution is -0.134. The van der Waals surface area contributed by atoms with Crippen LogP contribution in [0, 0.1) is 18.3 Å². The molecule has 136 valence electrons. The van der Waals surface area contributed by atoms with Gasteiger partial charge in [0.1, 0.15) is 0 Å². The van der Waals surface area contributed by atoms with Crippen LogP contribution in [0.3, 0.4) is 0 Å². The molecule has 1 aromatic carbocycles. The van der Waals surface area contributed by atoms with Crippen molar-refractivity contribution in [3.8, 4) is 0 Å². The van der Waals surface area contributed by atoms with Gasteiger partial charge in [-0.2, -0.15) is 0 Å². The zero-order chi connectivity index (χ0) is 17.9.